The van der Waals surface area contributed by atoms with E-state index in [1.54, 1.807) is 0 Å². The van der Waals surface area contributed by atoms with Crippen molar-refractivity contribution >= 4 is 12.6 Å². The molecule has 1 fully saturated rings. The largest absolute Gasteiger partial charge is 0.299 e. The van der Waals surface area contributed by atoms with Crippen molar-refractivity contribution in [1.29, 1.82) is 0 Å². The van der Waals surface area contributed by atoms with Crippen molar-refractivity contribution < 1.29 is 0 Å². The molecule has 1 rings (SSSR count). The first-order valence-electron chi connectivity index (χ1n) is 10.7. The zero-order chi connectivity index (χ0) is 16.8. The average Bonchev–Trinajstić information content (AvgIpc) is 2.56. The highest BCUT2D eigenvalue weighted by Crippen LogP contribution is 2.23. The van der Waals surface area contributed by atoms with Gasteiger partial charge in [0.25, 0.3) is 0 Å². The van der Waals surface area contributed by atoms with Gasteiger partial charge in [0.1, 0.15) is 0 Å². The van der Waals surface area contributed by atoms with E-state index in [1.807, 2.05) is 0 Å². The van der Waals surface area contributed by atoms with Gasteiger partial charge in [0.15, 0.2) is 0 Å². The third-order valence-electron chi connectivity index (χ3n) is 5.48. The summed E-state index contributed by atoms with van der Waals surface area (Å²) >= 11 is 4.76. The summed E-state index contributed by atoms with van der Waals surface area (Å²) in [5.74, 6) is 0. The zero-order valence-corrected chi connectivity index (χ0v) is 17.0. The van der Waals surface area contributed by atoms with Crippen LogP contribution < -0.4 is 0 Å². The lowest BCUT2D eigenvalue weighted by molar-refractivity contribution is 0.146. The van der Waals surface area contributed by atoms with Gasteiger partial charge in [0.05, 0.1) is 0 Å². The molecule has 1 nitrogen and oxygen atoms in total. The summed E-state index contributed by atoms with van der Waals surface area (Å²) in [4.78, 5) is 2.78. The Labute approximate surface area is 152 Å². The van der Waals surface area contributed by atoms with Crippen LogP contribution in [-0.2, 0) is 0 Å². The number of hydrogen-bond acceptors (Lipinski definition) is 2. The Hall–Kier alpha value is 0.310. The summed E-state index contributed by atoms with van der Waals surface area (Å²) in [7, 11) is 0. The molecule has 0 amide bonds. The number of likely N-dealkylation sites (tertiary alicyclic amines) is 1. The Morgan fingerprint density at radius 2 is 1.35 bits per heavy atom. The van der Waals surface area contributed by atoms with Crippen molar-refractivity contribution in [2.45, 2.75) is 121 Å². The van der Waals surface area contributed by atoms with E-state index in [2.05, 4.69) is 18.7 Å². The van der Waals surface area contributed by atoms with Gasteiger partial charge in [-0.15, -0.1) is 0 Å². The van der Waals surface area contributed by atoms with Crippen LogP contribution in [-0.4, -0.2) is 29.3 Å². The second kappa shape index (κ2) is 14.6. The molecule has 1 saturated heterocycles. The van der Waals surface area contributed by atoms with E-state index < -0.39 is 0 Å². The van der Waals surface area contributed by atoms with E-state index in [1.165, 1.54) is 109 Å². The van der Waals surface area contributed by atoms with Gasteiger partial charge < -0.3 is 0 Å². The Morgan fingerprint density at radius 1 is 0.826 bits per heavy atom. The van der Waals surface area contributed by atoms with Gasteiger partial charge in [-0.05, 0) is 32.2 Å². The minimum Gasteiger partial charge on any atom is -0.299 e. The normalized spacial score (nSPS) is 20.7. The summed E-state index contributed by atoms with van der Waals surface area (Å²) in [5.41, 5.74) is 0. The second-order valence-corrected chi connectivity index (χ2v) is 8.43. The quantitative estimate of drug-likeness (QED) is 0.267. The van der Waals surface area contributed by atoms with Crippen molar-refractivity contribution in [1.82, 2.24) is 4.90 Å². The molecule has 0 aromatic rings. The number of unbranched alkanes of at least 4 members (excludes halogenated alkanes) is 9. The van der Waals surface area contributed by atoms with Crippen LogP contribution in [0.25, 0.3) is 0 Å². The molecule has 0 aliphatic carbocycles. The molecule has 0 bridgehead atoms. The van der Waals surface area contributed by atoms with Crippen LogP contribution in [0.2, 0.25) is 0 Å². The molecule has 0 aromatic heterocycles. The number of thiol groups is 1. The number of piperidine rings is 1. The van der Waals surface area contributed by atoms with Gasteiger partial charge in [0.2, 0.25) is 0 Å². The molecule has 2 unspecified atom stereocenters. The predicted octanol–water partition coefficient (Wildman–Crippen LogP) is 6.86. The molecular formula is C21H43NS. The lowest BCUT2D eigenvalue weighted by atomic mass is 9.97. The highest BCUT2D eigenvalue weighted by atomic mass is 32.1. The maximum absolute atomic E-state index is 4.76. The molecular weight excluding hydrogens is 298 g/mol. The summed E-state index contributed by atoms with van der Waals surface area (Å²) in [6.07, 6.45) is 21.2. The van der Waals surface area contributed by atoms with Crippen molar-refractivity contribution in [3.05, 3.63) is 0 Å². The fourth-order valence-corrected chi connectivity index (χ4v) is 4.36. The van der Waals surface area contributed by atoms with Gasteiger partial charge in [0, 0.05) is 17.8 Å². The SMILES string of the molecule is CCCCCCCCC(CCCCCCC)N1CCCC(S)C1. The highest BCUT2D eigenvalue weighted by molar-refractivity contribution is 7.81. The van der Waals surface area contributed by atoms with E-state index in [4.69, 9.17) is 12.6 Å². The molecule has 0 saturated carbocycles. The fourth-order valence-electron chi connectivity index (χ4n) is 3.97. The summed E-state index contributed by atoms with van der Waals surface area (Å²) in [6.45, 7) is 7.17. The second-order valence-electron chi connectivity index (χ2n) is 7.70. The first-order chi connectivity index (χ1) is 11.3. The van der Waals surface area contributed by atoms with Crippen LogP contribution in [0, 0.1) is 0 Å². The lowest BCUT2D eigenvalue weighted by Gasteiger charge is -2.37. The van der Waals surface area contributed by atoms with Crippen molar-refractivity contribution in [2.24, 2.45) is 0 Å². The third-order valence-corrected chi connectivity index (χ3v) is 5.90. The Kier molecular flexibility index (Phi) is 13.6. The Bertz CT molecular complexity index is 256. The zero-order valence-electron chi connectivity index (χ0n) is 16.1. The number of hydrogen-bond donors (Lipinski definition) is 1. The van der Waals surface area contributed by atoms with Gasteiger partial charge in [-0.3, -0.25) is 4.90 Å². The van der Waals surface area contributed by atoms with Crippen molar-refractivity contribution in [2.75, 3.05) is 13.1 Å². The van der Waals surface area contributed by atoms with Gasteiger partial charge in [-0.25, -0.2) is 0 Å². The molecule has 0 spiro atoms. The summed E-state index contributed by atoms with van der Waals surface area (Å²) in [5, 5.41) is 0.621. The molecule has 0 aromatic carbocycles. The topological polar surface area (TPSA) is 3.24 Å². The highest BCUT2D eigenvalue weighted by Gasteiger charge is 2.23. The summed E-state index contributed by atoms with van der Waals surface area (Å²) < 4.78 is 0. The van der Waals surface area contributed by atoms with E-state index >= 15 is 0 Å². The molecule has 0 radical (unpaired) electrons. The Balaban J connectivity index is 2.26. The van der Waals surface area contributed by atoms with Gasteiger partial charge in [-0.1, -0.05) is 84.5 Å². The van der Waals surface area contributed by atoms with Gasteiger partial charge >= 0.3 is 0 Å². The maximum atomic E-state index is 4.76. The van der Waals surface area contributed by atoms with Crippen LogP contribution >= 0.6 is 12.6 Å². The average molecular weight is 342 g/mol. The first kappa shape index (κ1) is 21.4. The fraction of sp³-hybridized carbons (Fsp3) is 1.00. The Morgan fingerprint density at radius 3 is 1.87 bits per heavy atom. The molecule has 2 heteroatoms. The van der Waals surface area contributed by atoms with Crippen LogP contribution in [0.1, 0.15) is 110 Å². The lowest BCUT2D eigenvalue weighted by Crippen LogP contribution is -2.43. The number of rotatable bonds is 14. The van der Waals surface area contributed by atoms with E-state index in [-0.39, 0.29) is 0 Å². The van der Waals surface area contributed by atoms with Crippen molar-refractivity contribution in [3.8, 4) is 0 Å². The van der Waals surface area contributed by atoms with E-state index in [0.29, 0.717) is 5.25 Å². The summed E-state index contributed by atoms with van der Waals surface area (Å²) in [6, 6.07) is 0.845. The molecule has 1 aliphatic rings. The number of nitrogens with zero attached hydrogens (tertiary/aromatic N) is 1. The molecule has 1 heterocycles. The monoisotopic (exact) mass is 341 g/mol. The molecule has 2 atom stereocenters. The predicted molar refractivity (Wildman–Crippen MR) is 109 cm³/mol. The molecule has 23 heavy (non-hydrogen) atoms. The smallest absolute Gasteiger partial charge is 0.0145 e. The van der Waals surface area contributed by atoms with Crippen LogP contribution in [0.15, 0.2) is 0 Å². The van der Waals surface area contributed by atoms with Crippen LogP contribution in [0.4, 0.5) is 0 Å². The van der Waals surface area contributed by atoms with E-state index in [9.17, 15) is 0 Å². The molecule has 0 N–H and O–H groups in total. The van der Waals surface area contributed by atoms with Crippen LogP contribution in [0.5, 0.6) is 0 Å². The minimum absolute atomic E-state index is 0.621. The molecule has 138 valence electrons. The van der Waals surface area contributed by atoms with E-state index in [0.717, 1.165) is 6.04 Å². The third kappa shape index (κ3) is 10.7. The first-order valence-corrected chi connectivity index (χ1v) is 11.2. The minimum atomic E-state index is 0.621. The van der Waals surface area contributed by atoms with Crippen LogP contribution in [0.3, 0.4) is 0 Å². The molecule has 1 aliphatic heterocycles. The van der Waals surface area contributed by atoms with Gasteiger partial charge in [-0.2, -0.15) is 12.6 Å². The maximum Gasteiger partial charge on any atom is 0.0145 e. The standard InChI is InChI=1S/C21H43NS/c1-3-5-7-9-11-13-16-20(15-12-10-8-6-4-2)22-18-14-17-21(23)19-22/h20-21,23H,3-19H2,1-2H3. The van der Waals surface area contributed by atoms with Crippen molar-refractivity contribution in [3.63, 3.8) is 0 Å².